The van der Waals surface area contributed by atoms with Gasteiger partial charge in [0, 0.05) is 18.4 Å². The molecule has 28 heavy (non-hydrogen) atoms. The van der Waals surface area contributed by atoms with Gasteiger partial charge in [0.25, 0.3) is 0 Å². The van der Waals surface area contributed by atoms with E-state index in [1.807, 2.05) is 18.2 Å². The fourth-order valence-electron chi connectivity index (χ4n) is 3.98. The molecule has 0 radical (unpaired) electrons. The number of nitrogens with zero attached hydrogens (tertiary/aromatic N) is 1. The Hall–Kier alpha value is -2.66. The molecule has 0 saturated carbocycles. The van der Waals surface area contributed by atoms with E-state index >= 15 is 0 Å². The highest BCUT2D eigenvalue weighted by Gasteiger charge is 2.22. The minimum atomic E-state index is -0.398. The van der Waals surface area contributed by atoms with Gasteiger partial charge in [-0.15, -0.1) is 0 Å². The van der Waals surface area contributed by atoms with Gasteiger partial charge in [-0.25, -0.2) is 4.39 Å². The second kappa shape index (κ2) is 8.57. The van der Waals surface area contributed by atoms with Crippen molar-refractivity contribution in [3.63, 3.8) is 0 Å². The van der Waals surface area contributed by atoms with E-state index < -0.39 is 5.82 Å². The zero-order chi connectivity index (χ0) is 19.3. The molecule has 2 aromatic carbocycles. The van der Waals surface area contributed by atoms with Gasteiger partial charge < -0.3 is 9.73 Å². The van der Waals surface area contributed by atoms with Crippen molar-refractivity contribution in [2.45, 2.75) is 32.2 Å². The van der Waals surface area contributed by atoms with Crippen LogP contribution in [0.5, 0.6) is 0 Å². The van der Waals surface area contributed by atoms with Crippen LogP contribution in [0, 0.1) is 11.7 Å². The molecule has 3 aromatic rings. The number of halogens is 1. The van der Waals surface area contributed by atoms with Crippen LogP contribution in [0.1, 0.15) is 31.4 Å². The van der Waals surface area contributed by atoms with Crippen molar-refractivity contribution in [3.05, 3.63) is 66.2 Å². The largest absolute Gasteiger partial charge is 0.460 e. The lowest BCUT2D eigenvalue weighted by Gasteiger charge is -2.32. The van der Waals surface area contributed by atoms with Gasteiger partial charge in [-0.05, 0) is 56.0 Å². The molecule has 1 saturated heterocycles. The molecular weight excluding hydrogens is 355 g/mol. The first-order valence-corrected chi connectivity index (χ1v) is 9.91. The maximum absolute atomic E-state index is 13.6. The van der Waals surface area contributed by atoms with Gasteiger partial charge in [0.1, 0.15) is 17.2 Å². The molecule has 1 aliphatic rings. The molecule has 1 atom stereocenters. The van der Waals surface area contributed by atoms with E-state index in [4.69, 9.17) is 4.42 Å². The van der Waals surface area contributed by atoms with Crippen LogP contribution in [0.25, 0.3) is 11.0 Å². The van der Waals surface area contributed by atoms with Crippen molar-refractivity contribution in [2.75, 3.05) is 18.4 Å². The summed E-state index contributed by atoms with van der Waals surface area (Å²) in [4.78, 5) is 14.6. The van der Waals surface area contributed by atoms with Crippen LogP contribution < -0.4 is 5.32 Å². The van der Waals surface area contributed by atoms with E-state index in [-0.39, 0.29) is 11.6 Å². The Balaban J connectivity index is 1.27. The Morgan fingerprint density at radius 1 is 1.18 bits per heavy atom. The molecule has 1 N–H and O–H groups in total. The Labute approximate surface area is 164 Å². The van der Waals surface area contributed by atoms with Crippen molar-refractivity contribution in [1.82, 2.24) is 4.90 Å². The van der Waals surface area contributed by atoms with Crippen molar-refractivity contribution >= 4 is 22.6 Å². The van der Waals surface area contributed by atoms with Gasteiger partial charge in [-0.2, -0.15) is 0 Å². The molecule has 4 rings (SSSR count). The number of amides is 1. The zero-order valence-electron chi connectivity index (χ0n) is 15.9. The average Bonchev–Trinajstić information content (AvgIpc) is 3.11. The fraction of sp³-hybridized carbons (Fsp3) is 0.348. The number of benzene rings is 2. The first-order chi connectivity index (χ1) is 13.7. The Morgan fingerprint density at radius 2 is 2.00 bits per heavy atom. The lowest BCUT2D eigenvalue weighted by molar-refractivity contribution is -0.116. The molecule has 146 valence electrons. The summed E-state index contributed by atoms with van der Waals surface area (Å²) in [5.41, 5.74) is 1.18. The monoisotopic (exact) mass is 380 g/mol. The molecule has 1 fully saturated rings. The SMILES string of the molecule is O=C(CC[C@@H]1CCCN(Cc2cc3ccccc3o2)C1)Nc1ccccc1F. The van der Waals surface area contributed by atoms with Crippen molar-refractivity contribution < 1.29 is 13.6 Å². The second-order valence-electron chi connectivity index (χ2n) is 7.56. The van der Waals surface area contributed by atoms with E-state index in [1.54, 1.807) is 18.2 Å². The third-order valence-corrected chi connectivity index (χ3v) is 5.39. The van der Waals surface area contributed by atoms with Gasteiger partial charge in [0.15, 0.2) is 0 Å². The van der Waals surface area contributed by atoms with E-state index in [2.05, 4.69) is 22.3 Å². The molecule has 1 amide bonds. The first kappa shape index (κ1) is 18.7. The molecule has 5 heteroatoms. The third-order valence-electron chi connectivity index (χ3n) is 5.39. The number of furan rings is 1. The number of likely N-dealkylation sites (tertiary alicyclic amines) is 1. The Kier molecular flexibility index (Phi) is 5.72. The number of carbonyl (C=O) groups is 1. The van der Waals surface area contributed by atoms with Crippen molar-refractivity contribution in [2.24, 2.45) is 5.92 Å². The smallest absolute Gasteiger partial charge is 0.224 e. The second-order valence-corrected chi connectivity index (χ2v) is 7.56. The molecule has 1 aromatic heterocycles. The van der Waals surface area contributed by atoms with Crippen LogP contribution in [0.15, 0.2) is 59.0 Å². The minimum Gasteiger partial charge on any atom is -0.460 e. The summed E-state index contributed by atoms with van der Waals surface area (Å²) < 4.78 is 19.6. The van der Waals surface area contributed by atoms with E-state index in [9.17, 15) is 9.18 Å². The summed E-state index contributed by atoms with van der Waals surface area (Å²) in [7, 11) is 0. The predicted octanol–water partition coefficient (Wildman–Crippen LogP) is 5.20. The standard InChI is InChI=1S/C23H25FN2O2/c24-20-8-2-3-9-21(20)25-23(27)12-11-17-6-5-13-26(15-17)16-19-14-18-7-1-4-10-22(18)28-19/h1-4,7-10,14,17H,5-6,11-13,15-16H2,(H,25,27)/t17-/m0/s1. The molecule has 0 unspecified atom stereocenters. The molecular formula is C23H25FN2O2. The maximum atomic E-state index is 13.6. The van der Waals surface area contributed by atoms with Gasteiger partial charge in [0.05, 0.1) is 12.2 Å². The quantitative estimate of drug-likeness (QED) is 0.639. The van der Waals surface area contributed by atoms with Gasteiger partial charge in [0.2, 0.25) is 5.91 Å². The molecule has 4 nitrogen and oxygen atoms in total. The number of rotatable bonds is 6. The molecule has 2 heterocycles. The Morgan fingerprint density at radius 3 is 2.86 bits per heavy atom. The molecule has 0 spiro atoms. The average molecular weight is 380 g/mol. The number of para-hydroxylation sites is 2. The minimum absolute atomic E-state index is 0.125. The third kappa shape index (κ3) is 4.60. The van der Waals surface area contributed by atoms with E-state index in [0.717, 1.165) is 55.6 Å². The van der Waals surface area contributed by atoms with Crippen LogP contribution in [0.3, 0.4) is 0 Å². The summed E-state index contributed by atoms with van der Waals surface area (Å²) >= 11 is 0. The van der Waals surface area contributed by atoms with E-state index in [1.165, 1.54) is 6.07 Å². The summed E-state index contributed by atoms with van der Waals surface area (Å²) in [6.07, 6.45) is 3.48. The van der Waals surface area contributed by atoms with Gasteiger partial charge >= 0.3 is 0 Å². The normalized spacial score (nSPS) is 17.7. The fourth-order valence-corrected chi connectivity index (χ4v) is 3.98. The summed E-state index contributed by atoms with van der Waals surface area (Å²) in [6.45, 7) is 2.81. The number of hydrogen-bond acceptors (Lipinski definition) is 3. The van der Waals surface area contributed by atoms with E-state index in [0.29, 0.717) is 12.3 Å². The van der Waals surface area contributed by atoms with Crippen LogP contribution in [0.4, 0.5) is 10.1 Å². The molecule has 0 bridgehead atoms. The molecule has 1 aliphatic heterocycles. The van der Waals surface area contributed by atoms with Gasteiger partial charge in [-0.1, -0.05) is 30.3 Å². The van der Waals surface area contributed by atoms with Crippen LogP contribution in [-0.2, 0) is 11.3 Å². The van der Waals surface area contributed by atoms with Crippen LogP contribution in [-0.4, -0.2) is 23.9 Å². The predicted molar refractivity (Wildman–Crippen MR) is 108 cm³/mol. The lowest BCUT2D eigenvalue weighted by Crippen LogP contribution is -2.35. The topological polar surface area (TPSA) is 45.5 Å². The number of carbonyl (C=O) groups excluding carboxylic acids is 1. The van der Waals surface area contributed by atoms with Crippen LogP contribution >= 0.6 is 0 Å². The summed E-state index contributed by atoms with van der Waals surface area (Å²) in [6, 6.07) is 16.4. The highest BCUT2D eigenvalue weighted by Crippen LogP contribution is 2.25. The number of anilines is 1. The summed E-state index contributed by atoms with van der Waals surface area (Å²) in [5, 5.41) is 3.81. The number of piperidine rings is 1. The number of hydrogen-bond donors (Lipinski definition) is 1. The highest BCUT2D eigenvalue weighted by molar-refractivity contribution is 5.90. The number of fused-ring (bicyclic) bond motifs is 1. The first-order valence-electron chi connectivity index (χ1n) is 9.91. The molecule has 0 aliphatic carbocycles. The number of nitrogens with one attached hydrogen (secondary N) is 1. The van der Waals surface area contributed by atoms with Crippen molar-refractivity contribution in [1.29, 1.82) is 0 Å². The Bertz CT molecular complexity index is 919. The highest BCUT2D eigenvalue weighted by atomic mass is 19.1. The van der Waals surface area contributed by atoms with Gasteiger partial charge in [-0.3, -0.25) is 9.69 Å². The van der Waals surface area contributed by atoms with Crippen molar-refractivity contribution in [3.8, 4) is 0 Å². The lowest BCUT2D eigenvalue weighted by atomic mass is 9.93. The zero-order valence-corrected chi connectivity index (χ0v) is 15.9. The summed E-state index contributed by atoms with van der Waals surface area (Å²) in [5.74, 6) is 0.939. The maximum Gasteiger partial charge on any atom is 0.224 e. The van der Waals surface area contributed by atoms with Crippen LogP contribution in [0.2, 0.25) is 0 Å².